The van der Waals surface area contributed by atoms with Crippen LogP contribution < -0.4 is 10.0 Å². The fourth-order valence-electron chi connectivity index (χ4n) is 2.68. The molecule has 110 valence electrons. The van der Waals surface area contributed by atoms with Gasteiger partial charge in [0, 0.05) is 36.0 Å². The average Bonchev–Trinajstić information content (AvgIpc) is 2.47. The number of nitrogens with two attached hydrogens (primary N) is 1. The zero-order chi connectivity index (χ0) is 14.2. The van der Waals surface area contributed by atoms with Crippen molar-refractivity contribution in [2.75, 3.05) is 35.4 Å². The molecule has 1 saturated heterocycles. The average molecular weight is 313 g/mol. The number of hydrogen-bond acceptors (Lipinski definition) is 4. The Hall–Kier alpha value is -0.920. The van der Waals surface area contributed by atoms with Crippen molar-refractivity contribution in [3.05, 3.63) is 18.2 Å². The van der Waals surface area contributed by atoms with E-state index in [9.17, 15) is 8.42 Å². The molecule has 0 saturated carbocycles. The predicted octanol–water partition coefficient (Wildman–Crippen LogP) is 1.91. The number of nitrogens with zero attached hydrogens (tertiary/aromatic N) is 2. The minimum Gasteiger partial charge on any atom is -0.399 e. The van der Waals surface area contributed by atoms with Crippen LogP contribution in [0, 0.1) is 0 Å². The summed E-state index contributed by atoms with van der Waals surface area (Å²) in [6, 6.07) is 5.50. The fraction of sp³-hybridized carbons (Fsp3) is 0.538. The Morgan fingerprint density at radius 2 is 1.85 bits per heavy atom. The van der Waals surface area contributed by atoms with Gasteiger partial charge in [-0.3, -0.25) is 4.31 Å². The predicted molar refractivity (Wildman–Crippen MR) is 83.3 cm³/mol. The molecule has 0 unspecified atom stereocenters. The summed E-state index contributed by atoms with van der Waals surface area (Å²) in [6.45, 7) is 1.77. The smallest absolute Gasteiger partial charge is 0.304 e. The molecule has 0 amide bonds. The van der Waals surface area contributed by atoms with Crippen molar-refractivity contribution in [2.45, 2.75) is 24.2 Å². The van der Waals surface area contributed by atoms with E-state index in [1.54, 1.807) is 22.1 Å². The van der Waals surface area contributed by atoms with E-state index < -0.39 is 10.2 Å². The van der Waals surface area contributed by atoms with Crippen LogP contribution in [-0.4, -0.2) is 38.1 Å². The molecule has 2 aliphatic rings. The molecule has 5 nitrogen and oxygen atoms in total. The van der Waals surface area contributed by atoms with Gasteiger partial charge in [0.1, 0.15) is 0 Å². The van der Waals surface area contributed by atoms with Gasteiger partial charge < -0.3 is 5.73 Å². The first-order valence-corrected chi connectivity index (χ1v) is 9.27. The molecule has 1 aromatic carbocycles. The minimum atomic E-state index is -3.42. The second-order valence-corrected chi connectivity index (χ2v) is 8.10. The van der Waals surface area contributed by atoms with Gasteiger partial charge in [0.2, 0.25) is 0 Å². The third-order valence-electron chi connectivity index (χ3n) is 3.72. The minimum absolute atomic E-state index is 0.514. The molecule has 2 N–H and O–H groups in total. The number of rotatable bonds is 2. The Bertz CT molecular complexity index is 598. The molecule has 1 fully saturated rings. The lowest BCUT2D eigenvalue weighted by Gasteiger charge is -2.36. The summed E-state index contributed by atoms with van der Waals surface area (Å²) in [5, 5.41) is 0. The molecular formula is C13H19N3O2S2. The number of fused-ring (bicyclic) bond motifs is 1. The standard InChI is InChI=1S/C13H19N3O2S2/c14-11-4-5-13-12(10-11)16(8-9-19-13)20(17,18)15-6-2-1-3-7-15/h4-5,10H,1-3,6-9,14H2. The number of benzene rings is 1. The van der Waals surface area contributed by atoms with Gasteiger partial charge in [-0.1, -0.05) is 6.42 Å². The molecule has 0 radical (unpaired) electrons. The van der Waals surface area contributed by atoms with Crippen LogP contribution in [0.15, 0.2) is 23.1 Å². The summed E-state index contributed by atoms with van der Waals surface area (Å²) in [5.41, 5.74) is 7.15. The van der Waals surface area contributed by atoms with Gasteiger partial charge in [0.25, 0.3) is 0 Å². The Balaban J connectivity index is 1.97. The van der Waals surface area contributed by atoms with Crippen molar-refractivity contribution in [3.63, 3.8) is 0 Å². The fourth-order valence-corrected chi connectivity index (χ4v) is 5.55. The van der Waals surface area contributed by atoms with Crippen LogP contribution in [0.25, 0.3) is 0 Å². The lowest BCUT2D eigenvalue weighted by atomic mass is 10.2. The van der Waals surface area contributed by atoms with Crippen molar-refractivity contribution in [2.24, 2.45) is 0 Å². The van der Waals surface area contributed by atoms with E-state index in [1.165, 1.54) is 4.31 Å². The summed E-state index contributed by atoms with van der Waals surface area (Å²) in [7, 11) is -3.42. The molecule has 3 rings (SSSR count). The molecule has 20 heavy (non-hydrogen) atoms. The lowest BCUT2D eigenvalue weighted by Crippen LogP contribution is -2.47. The van der Waals surface area contributed by atoms with E-state index in [4.69, 9.17) is 5.73 Å². The molecule has 0 atom stereocenters. The first-order valence-electron chi connectivity index (χ1n) is 6.89. The van der Waals surface area contributed by atoms with Crippen molar-refractivity contribution in [1.29, 1.82) is 0 Å². The summed E-state index contributed by atoms with van der Waals surface area (Å²) in [4.78, 5) is 0.992. The highest BCUT2D eigenvalue weighted by Crippen LogP contribution is 2.38. The lowest BCUT2D eigenvalue weighted by molar-refractivity contribution is 0.345. The SMILES string of the molecule is Nc1ccc2c(c1)N(S(=O)(=O)N1CCCCC1)CCS2. The van der Waals surface area contributed by atoms with Crippen molar-refractivity contribution >= 4 is 33.3 Å². The van der Waals surface area contributed by atoms with Gasteiger partial charge in [0.15, 0.2) is 0 Å². The molecule has 2 heterocycles. The third kappa shape index (κ3) is 2.49. The Morgan fingerprint density at radius 1 is 1.10 bits per heavy atom. The highest BCUT2D eigenvalue weighted by Gasteiger charge is 2.33. The van der Waals surface area contributed by atoms with E-state index in [1.807, 2.05) is 12.1 Å². The highest BCUT2D eigenvalue weighted by atomic mass is 32.2. The van der Waals surface area contributed by atoms with Crippen LogP contribution in [0.3, 0.4) is 0 Å². The molecule has 1 aromatic rings. The normalized spacial score (nSPS) is 20.7. The van der Waals surface area contributed by atoms with E-state index in [0.29, 0.717) is 25.3 Å². The highest BCUT2D eigenvalue weighted by molar-refractivity contribution is 7.99. The number of piperidine rings is 1. The molecule has 0 bridgehead atoms. The van der Waals surface area contributed by atoms with E-state index in [0.717, 1.165) is 35.6 Å². The van der Waals surface area contributed by atoms with Crippen molar-refractivity contribution in [1.82, 2.24) is 4.31 Å². The van der Waals surface area contributed by atoms with E-state index in [2.05, 4.69) is 0 Å². The zero-order valence-corrected chi connectivity index (χ0v) is 12.9. The maximum absolute atomic E-state index is 12.8. The summed E-state index contributed by atoms with van der Waals surface area (Å²) in [6.07, 6.45) is 3.02. The van der Waals surface area contributed by atoms with Gasteiger partial charge >= 0.3 is 10.2 Å². The third-order valence-corrected chi connectivity index (χ3v) is 6.72. The van der Waals surface area contributed by atoms with Gasteiger partial charge in [-0.25, -0.2) is 0 Å². The monoisotopic (exact) mass is 313 g/mol. The number of anilines is 2. The van der Waals surface area contributed by atoms with Crippen LogP contribution in [-0.2, 0) is 10.2 Å². The first-order chi connectivity index (χ1) is 9.59. The summed E-state index contributed by atoms with van der Waals surface area (Å²) < 4.78 is 28.8. The maximum atomic E-state index is 12.8. The first kappa shape index (κ1) is 14.0. The Morgan fingerprint density at radius 3 is 2.60 bits per heavy atom. The van der Waals surface area contributed by atoms with Gasteiger partial charge in [0.05, 0.1) is 5.69 Å². The topological polar surface area (TPSA) is 66.6 Å². The van der Waals surface area contributed by atoms with Crippen molar-refractivity contribution in [3.8, 4) is 0 Å². The Kier molecular flexibility index (Phi) is 3.83. The zero-order valence-electron chi connectivity index (χ0n) is 11.3. The Labute approximate surface area is 124 Å². The summed E-state index contributed by atoms with van der Waals surface area (Å²) in [5.74, 6) is 0.782. The van der Waals surface area contributed by atoms with Crippen molar-refractivity contribution < 1.29 is 8.42 Å². The van der Waals surface area contributed by atoms with Crippen LogP contribution in [0.4, 0.5) is 11.4 Å². The van der Waals surface area contributed by atoms with Gasteiger partial charge in [-0.05, 0) is 31.0 Å². The van der Waals surface area contributed by atoms with E-state index >= 15 is 0 Å². The van der Waals surface area contributed by atoms with Crippen LogP contribution in [0.1, 0.15) is 19.3 Å². The molecule has 7 heteroatoms. The van der Waals surface area contributed by atoms with E-state index in [-0.39, 0.29) is 0 Å². The number of thioether (sulfide) groups is 1. The molecule has 2 aliphatic heterocycles. The van der Waals surface area contributed by atoms with Crippen LogP contribution in [0.5, 0.6) is 0 Å². The summed E-state index contributed by atoms with van der Waals surface area (Å²) >= 11 is 1.68. The number of hydrogen-bond donors (Lipinski definition) is 1. The van der Waals surface area contributed by atoms with Gasteiger partial charge in [-0.2, -0.15) is 12.7 Å². The quantitative estimate of drug-likeness (QED) is 0.847. The maximum Gasteiger partial charge on any atom is 0.304 e. The second-order valence-electron chi connectivity index (χ2n) is 5.12. The molecule has 0 aromatic heterocycles. The molecular weight excluding hydrogens is 294 g/mol. The largest absolute Gasteiger partial charge is 0.399 e. The second kappa shape index (κ2) is 5.46. The van der Waals surface area contributed by atoms with Crippen LogP contribution >= 0.6 is 11.8 Å². The van der Waals surface area contributed by atoms with Gasteiger partial charge in [-0.15, -0.1) is 11.8 Å². The molecule has 0 aliphatic carbocycles. The number of nitrogen functional groups attached to an aromatic ring is 1. The molecule has 0 spiro atoms. The van der Waals surface area contributed by atoms with Crippen LogP contribution in [0.2, 0.25) is 0 Å².